The molecule has 0 radical (unpaired) electrons. The van der Waals surface area contributed by atoms with Crippen LogP contribution in [0.3, 0.4) is 0 Å². The number of thiazole rings is 1. The highest BCUT2D eigenvalue weighted by atomic mass is 32.1. The number of ether oxygens (including phenoxy) is 3. The predicted octanol–water partition coefficient (Wildman–Crippen LogP) is 5.81. The van der Waals surface area contributed by atoms with E-state index in [0.717, 1.165) is 35.4 Å². The Kier molecular flexibility index (Phi) is 6.37. The van der Waals surface area contributed by atoms with Gasteiger partial charge in [0.1, 0.15) is 5.82 Å². The molecule has 0 N–H and O–H groups in total. The highest BCUT2D eigenvalue weighted by molar-refractivity contribution is 7.07. The number of rotatable bonds is 6. The van der Waals surface area contributed by atoms with Crippen molar-refractivity contribution in [1.82, 2.24) is 4.68 Å². The third-order valence-corrected chi connectivity index (χ3v) is 6.69. The zero-order chi connectivity index (χ0) is 24.4. The standard InChI is InChI=1S/C27H24FN3O3S/c1-32-24-14-18(15-25(33-2)26(24)34-3)23-16-35-27(29-20-11-9-19(28)10-12-20)31(23)30-22-13-8-17-6-4-5-7-21(17)22/h4-7,9-12,14-16H,8,13H2,1-3H3. The molecule has 6 nitrogen and oxygen atoms in total. The summed E-state index contributed by atoms with van der Waals surface area (Å²) in [4.78, 5) is 5.43. The van der Waals surface area contributed by atoms with Gasteiger partial charge < -0.3 is 14.2 Å². The van der Waals surface area contributed by atoms with Crippen molar-refractivity contribution in [2.75, 3.05) is 21.3 Å². The number of benzene rings is 3. The summed E-state index contributed by atoms with van der Waals surface area (Å²) in [5.74, 6) is 1.32. The van der Waals surface area contributed by atoms with Gasteiger partial charge in [-0.05, 0) is 54.8 Å². The van der Waals surface area contributed by atoms with Crippen LogP contribution in [-0.4, -0.2) is 31.7 Å². The van der Waals surface area contributed by atoms with Crippen LogP contribution in [0.25, 0.3) is 11.3 Å². The minimum atomic E-state index is -0.302. The highest BCUT2D eigenvalue weighted by Gasteiger charge is 2.20. The summed E-state index contributed by atoms with van der Waals surface area (Å²) >= 11 is 1.45. The smallest absolute Gasteiger partial charge is 0.211 e. The third kappa shape index (κ3) is 4.44. The SMILES string of the molecule is COc1cc(-c2csc(=Nc3ccc(F)cc3)n2N=C2CCc3ccccc32)cc(OC)c1OC. The van der Waals surface area contributed by atoms with Crippen molar-refractivity contribution in [3.63, 3.8) is 0 Å². The fraction of sp³-hybridized carbons (Fsp3) is 0.185. The molecule has 0 saturated heterocycles. The molecule has 0 aliphatic heterocycles. The molecule has 0 spiro atoms. The average molecular weight is 490 g/mol. The van der Waals surface area contributed by atoms with Crippen LogP contribution in [0.15, 0.2) is 76.1 Å². The topological polar surface area (TPSA) is 57.3 Å². The lowest BCUT2D eigenvalue weighted by molar-refractivity contribution is 0.324. The molecular formula is C27H24FN3O3S. The number of methoxy groups -OCH3 is 3. The van der Waals surface area contributed by atoms with Crippen molar-refractivity contribution in [3.8, 4) is 28.5 Å². The number of halogens is 1. The molecule has 8 heteroatoms. The summed E-state index contributed by atoms with van der Waals surface area (Å²) < 4.78 is 31.9. The molecule has 3 aromatic carbocycles. The maximum absolute atomic E-state index is 13.4. The first-order valence-electron chi connectivity index (χ1n) is 11.1. The zero-order valence-electron chi connectivity index (χ0n) is 19.6. The summed E-state index contributed by atoms with van der Waals surface area (Å²) in [6, 6.07) is 18.2. The van der Waals surface area contributed by atoms with Crippen LogP contribution in [0, 0.1) is 5.82 Å². The van der Waals surface area contributed by atoms with Gasteiger partial charge in [-0.15, -0.1) is 11.3 Å². The lowest BCUT2D eigenvalue weighted by atomic mass is 10.1. The Morgan fingerprint density at radius 1 is 0.886 bits per heavy atom. The van der Waals surface area contributed by atoms with Crippen LogP contribution in [0.2, 0.25) is 0 Å². The molecule has 178 valence electrons. The molecule has 0 saturated carbocycles. The fourth-order valence-corrected chi connectivity index (χ4v) is 5.01. The summed E-state index contributed by atoms with van der Waals surface area (Å²) in [5, 5.41) is 7.06. The van der Waals surface area contributed by atoms with Gasteiger partial charge in [0.05, 0.1) is 38.4 Å². The van der Waals surface area contributed by atoms with E-state index in [4.69, 9.17) is 24.3 Å². The third-order valence-electron chi connectivity index (χ3n) is 5.88. The maximum Gasteiger partial charge on any atom is 0.211 e. The summed E-state index contributed by atoms with van der Waals surface area (Å²) in [6.07, 6.45) is 1.79. The van der Waals surface area contributed by atoms with E-state index in [9.17, 15) is 4.39 Å². The van der Waals surface area contributed by atoms with Crippen LogP contribution >= 0.6 is 11.3 Å². The Hall–Kier alpha value is -3.91. The van der Waals surface area contributed by atoms with Crippen molar-refractivity contribution in [2.45, 2.75) is 12.8 Å². The van der Waals surface area contributed by atoms with Crippen LogP contribution in [-0.2, 0) is 6.42 Å². The minimum absolute atomic E-state index is 0.302. The van der Waals surface area contributed by atoms with E-state index in [1.807, 2.05) is 28.3 Å². The molecule has 5 rings (SSSR count). The van der Waals surface area contributed by atoms with Gasteiger partial charge in [-0.1, -0.05) is 24.3 Å². The van der Waals surface area contributed by atoms with E-state index >= 15 is 0 Å². The van der Waals surface area contributed by atoms with Crippen LogP contribution < -0.4 is 19.0 Å². The maximum atomic E-state index is 13.4. The summed E-state index contributed by atoms with van der Waals surface area (Å²) in [6.45, 7) is 0. The van der Waals surface area contributed by atoms with Crippen LogP contribution in [0.1, 0.15) is 17.5 Å². The van der Waals surface area contributed by atoms with E-state index in [0.29, 0.717) is 27.7 Å². The van der Waals surface area contributed by atoms with Gasteiger partial charge in [-0.25, -0.2) is 14.1 Å². The molecule has 0 atom stereocenters. The molecule has 1 aliphatic carbocycles. The average Bonchev–Trinajstić information content (AvgIpc) is 3.49. The van der Waals surface area contributed by atoms with E-state index in [-0.39, 0.29) is 5.82 Å². The number of hydrogen-bond donors (Lipinski definition) is 0. The molecule has 35 heavy (non-hydrogen) atoms. The first kappa shape index (κ1) is 22.9. The molecule has 0 amide bonds. The number of fused-ring (bicyclic) bond motifs is 1. The fourth-order valence-electron chi connectivity index (χ4n) is 4.16. The van der Waals surface area contributed by atoms with Crippen LogP contribution in [0.4, 0.5) is 10.1 Å². The van der Waals surface area contributed by atoms with Crippen molar-refractivity contribution >= 4 is 22.7 Å². The van der Waals surface area contributed by atoms with Gasteiger partial charge in [0.15, 0.2) is 11.5 Å². The minimum Gasteiger partial charge on any atom is -0.493 e. The van der Waals surface area contributed by atoms with E-state index in [2.05, 4.69) is 18.2 Å². The van der Waals surface area contributed by atoms with Gasteiger partial charge in [-0.3, -0.25) is 0 Å². The zero-order valence-corrected chi connectivity index (χ0v) is 20.4. The molecule has 1 aliphatic rings. The number of aromatic nitrogens is 1. The molecule has 4 aromatic rings. The first-order chi connectivity index (χ1) is 17.1. The van der Waals surface area contributed by atoms with Gasteiger partial charge in [0, 0.05) is 16.5 Å². The van der Waals surface area contributed by atoms with Crippen LogP contribution in [0.5, 0.6) is 17.2 Å². The summed E-state index contributed by atoms with van der Waals surface area (Å²) in [5.41, 5.74) is 5.74. The molecule has 0 fully saturated rings. The Morgan fingerprint density at radius 2 is 1.60 bits per heavy atom. The molecule has 1 heterocycles. The molecule has 1 aromatic heterocycles. The van der Waals surface area contributed by atoms with Crippen molar-refractivity contribution < 1.29 is 18.6 Å². The Bertz CT molecular complexity index is 1450. The van der Waals surface area contributed by atoms with E-state index < -0.39 is 0 Å². The van der Waals surface area contributed by atoms with Gasteiger partial charge in [-0.2, -0.15) is 5.10 Å². The lowest BCUT2D eigenvalue weighted by Gasteiger charge is -2.14. The van der Waals surface area contributed by atoms with Crippen molar-refractivity contribution in [2.24, 2.45) is 10.1 Å². The lowest BCUT2D eigenvalue weighted by Crippen LogP contribution is -2.14. The second-order valence-electron chi connectivity index (χ2n) is 7.92. The molecule has 0 unspecified atom stereocenters. The quantitative estimate of drug-likeness (QED) is 0.343. The Morgan fingerprint density at radius 3 is 2.29 bits per heavy atom. The highest BCUT2D eigenvalue weighted by Crippen LogP contribution is 2.41. The van der Waals surface area contributed by atoms with Crippen molar-refractivity contribution in [3.05, 3.63) is 87.8 Å². The second-order valence-corrected chi connectivity index (χ2v) is 8.76. The van der Waals surface area contributed by atoms with Gasteiger partial charge in [0.2, 0.25) is 10.6 Å². The summed E-state index contributed by atoms with van der Waals surface area (Å²) in [7, 11) is 4.76. The largest absolute Gasteiger partial charge is 0.493 e. The number of aryl methyl sites for hydroxylation is 1. The van der Waals surface area contributed by atoms with E-state index in [1.165, 1.54) is 29.0 Å². The monoisotopic (exact) mass is 489 g/mol. The normalized spacial score (nSPS) is 14.3. The first-order valence-corrected chi connectivity index (χ1v) is 12.0. The van der Waals surface area contributed by atoms with E-state index in [1.54, 1.807) is 33.5 Å². The Balaban J connectivity index is 1.72. The van der Waals surface area contributed by atoms with Crippen molar-refractivity contribution in [1.29, 1.82) is 0 Å². The molecular weight excluding hydrogens is 465 g/mol. The number of hydrogen-bond acceptors (Lipinski definition) is 6. The number of nitrogens with zero attached hydrogens (tertiary/aromatic N) is 3. The van der Waals surface area contributed by atoms with Gasteiger partial charge >= 0.3 is 0 Å². The Labute approximate surface area is 206 Å². The molecule has 0 bridgehead atoms. The second kappa shape index (κ2) is 9.76. The van der Waals surface area contributed by atoms with Gasteiger partial charge in [0.25, 0.3) is 0 Å². The predicted molar refractivity (Wildman–Crippen MR) is 136 cm³/mol.